The lowest BCUT2D eigenvalue weighted by Crippen LogP contribution is -2.54. The molecule has 4 rings (SSSR count). The van der Waals surface area contributed by atoms with E-state index >= 15 is 0 Å². The summed E-state index contributed by atoms with van der Waals surface area (Å²) in [6, 6.07) is 13.4. The number of carbonyl (C=O) groups excluding carboxylic acids is 2. The zero-order valence-corrected chi connectivity index (χ0v) is 19.4. The molecule has 2 aliphatic rings. The van der Waals surface area contributed by atoms with E-state index in [2.05, 4.69) is 0 Å². The number of piperidine rings is 1. The normalized spacial score (nSPS) is 18.5. The van der Waals surface area contributed by atoms with Crippen molar-refractivity contribution in [1.82, 2.24) is 14.1 Å². The lowest BCUT2D eigenvalue weighted by atomic mass is 9.99. The van der Waals surface area contributed by atoms with Crippen LogP contribution in [0, 0.1) is 10.1 Å². The molecule has 2 aromatic rings. The second-order valence-corrected chi connectivity index (χ2v) is 10.3. The zero-order valence-electron chi connectivity index (χ0n) is 18.6. The number of sulfonamides is 1. The molecule has 0 spiro atoms. The molecule has 0 aromatic heterocycles. The number of amides is 2. The van der Waals surface area contributed by atoms with Gasteiger partial charge in [-0.25, -0.2) is 8.42 Å². The molecule has 34 heavy (non-hydrogen) atoms. The molecule has 0 aliphatic carbocycles. The van der Waals surface area contributed by atoms with Crippen LogP contribution in [-0.4, -0.2) is 72.0 Å². The van der Waals surface area contributed by atoms with Crippen LogP contribution in [0.25, 0.3) is 0 Å². The van der Waals surface area contributed by atoms with Crippen molar-refractivity contribution in [2.75, 3.05) is 32.7 Å². The lowest BCUT2D eigenvalue weighted by Gasteiger charge is -2.40. The summed E-state index contributed by atoms with van der Waals surface area (Å²) in [5.74, 6) is -0.283. The van der Waals surface area contributed by atoms with Crippen LogP contribution < -0.4 is 0 Å². The first-order chi connectivity index (χ1) is 16.3. The van der Waals surface area contributed by atoms with Crippen LogP contribution >= 0.6 is 0 Å². The molecule has 0 N–H and O–H groups in total. The number of benzene rings is 2. The van der Waals surface area contributed by atoms with E-state index in [4.69, 9.17) is 0 Å². The van der Waals surface area contributed by atoms with Gasteiger partial charge in [-0.3, -0.25) is 19.7 Å². The standard InChI is InChI=1S/C23H26N4O6S/c28-21-11-4-5-12-26(21)22(18-7-2-1-3-8-18)23(29)24-13-15-25(16-14-24)34(32,33)20-10-6-9-19(17-20)27(30)31/h1-3,6-10,17,22H,4-5,11-16H2. The van der Waals surface area contributed by atoms with Crippen LogP contribution in [0.15, 0.2) is 59.5 Å². The third-order valence-corrected chi connectivity index (χ3v) is 8.13. The molecule has 0 saturated carbocycles. The van der Waals surface area contributed by atoms with Crippen molar-refractivity contribution in [1.29, 1.82) is 0 Å². The molecule has 2 amide bonds. The Morgan fingerprint density at radius 1 is 0.941 bits per heavy atom. The van der Waals surface area contributed by atoms with Gasteiger partial charge in [0.25, 0.3) is 5.69 Å². The summed E-state index contributed by atoms with van der Waals surface area (Å²) < 4.78 is 27.3. The Hall–Kier alpha value is -3.31. The second-order valence-electron chi connectivity index (χ2n) is 8.34. The Morgan fingerprint density at radius 3 is 2.29 bits per heavy atom. The minimum atomic E-state index is -3.94. The largest absolute Gasteiger partial charge is 0.338 e. The van der Waals surface area contributed by atoms with Crippen molar-refractivity contribution in [3.63, 3.8) is 0 Å². The smallest absolute Gasteiger partial charge is 0.270 e. The highest BCUT2D eigenvalue weighted by molar-refractivity contribution is 7.89. The summed E-state index contributed by atoms with van der Waals surface area (Å²) in [4.78, 5) is 39.7. The predicted octanol–water partition coefficient (Wildman–Crippen LogP) is 2.18. The molecular weight excluding hydrogens is 460 g/mol. The van der Waals surface area contributed by atoms with E-state index < -0.39 is 21.0 Å². The average Bonchev–Trinajstić information content (AvgIpc) is 2.86. The number of non-ortho nitro benzene ring substituents is 1. The number of hydrogen-bond donors (Lipinski definition) is 0. The summed E-state index contributed by atoms with van der Waals surface area (Å²) >= 11 is 0. The molecule has 0 bridgehead atoms. The Labute approximate surface area is 198 Å². The third-order valence-electron chi connectivity index (χ3n) is 6.24. The van der Waals surface area contributed by atoms with E-state index in [1.165, 1.54) is 22.5 Å². The van der Waals surface area contributed by atoms with Crippen molar-refractivity contribution in [3.8, 4) is 0 Å². The van der Waals surface area contributed by atoms with Gasteiger partial charge in [-0.2, -0.15) is 4.31 Å². The van der Waals surface area contributed by atoms with Crippen molar-refractivity contribution in [2.24, 2.45) is 0 Å². The van der Waals surface area contributed by atoms with Crippen LogP contribution in [0.2, 0.25) is 0 Å². The van der Waals surface area contributed by atoms with E-state index in [0.717, 1.165) is 24.5 Å². The van der Waals surface area contributed by atoms with Gasteiger partial charge in [0.2, 0.25) is 21.8 Å². The molecular formula is C23H26N4O6S. The number of nitro benzene ring substituents is 1. The molecule has 2 saturated heterocycles. The molecule has 180 valence electrons. The Bertz CT molecular complexity index is 1180. The second kappa shape index (κ2) is 9.90. The summed E-state index contributed by atoms with van der Waals surface area (Å²) in [5, 5.41) is 11.0. The number of nitrogens with zero attached hydrogens (tertiary/aromatic N) is 4. The molecule has 10 nitrogen and oxygen atoms in total. The van der Waals surface area contributed by atoms with Crippen molar-refractivity contribution in [2.45, 2.75) is 30.2 Å². The quantitative estimate of drug-likeness (QED) is 0.456. The highest BCUT2D eigenvalue weighted by Gasteiger charge is 2.38. The summed E-state index contributed by atoms with van der Waals surface area (Å²) in [6.07, 6.45) is 2.04. The molecule has 2 fully saturated rings. The first kappa shape index (κ1) is 23.8. The molecule has 2 aromatic carbocycles. The fourth-order valence-electron chi connectivity index (χ4n) is 4.42. The lowest BCUT2D eigenvalue weighted by molar-refractivity contribution is -0.385. The maximum atomic E-state index is 13.6. The van der Waals surface area contributed by atoms with Gasteiger partial charge < -0.3 is 9.80 Å². The number of carbonyl (C=O) groups is 2. The molecule has 11 heteroatoms. The van der Waals surface area contributed by atoms with Gasteiger partial charge in [-0.05, 0) is 24.5 Å². The van der Waals surface area contributed by atoms with Gasteiger partial charge >= 0.3 is 0 Å². The van der Waals surface area contributed by atoms with Gasteiger partial charge in [-0.15, -0.1) is 0 Å². The van der Waals surface area contributed by atoms with Crippen LogP contribution in [-0.2, 0) is 19.6 Å². The van der Waals surface area contributed by atoms with Crippen LogP contribution in [0.3, 0.4) is 0 Å². The number of piperazine rings is 1. The maximum absolute atomic E-state index is 13.6. The zero-order chi connectivity index (χ0) is 24.3. The Kier molecular flexibility index (Phi) is 6.94. The predicted molar refractivity (Wildman–Crippen MR) is 123 cm³/mol. The van der Waals surface area contributed by atoms with Gasteiger partial charge in [-0.1, -0.05) is 36.4 Å². The molecule has 1 unspecified atom stereocenters. The third kappa shape index (κ3) is 4.80. The van der Waals surface area contributed by atoms with Crippen molar-refractivity contribution >= 4 is 27.5 Å². The summed E-state index contributed by atoms with van der Waals surface area (Å²) in [5.41, 5.74) is 0.432. The highest BCUT2D eigenvalue weighted by atomic mass is 32.2. The van der Waals surface area contributed by atoms with Gasteiger partial charge in [0.1, 0.15) is 6.04 Å². The SMILES string of the molecule is O=C(C(c1ccccc1)N1CCCCC1=O)N1CCN(S(=O)(=O)c2cccc([N+](=O)[O-])c2)CC1. The van der Waals surface area contributed by atoms with E-state index in [1.54, 1.807) is 9.80 Å². The van der Waals surface area contributed by atoms with Crippen LogP contribution in [0.5, 0.6) is 0 Å². The number of rotatable bonds is 6. The van der Waals surface area contributed by atoms with Crippen molar-refractivity contribution < 1.29 is 22.9 Å². The van der Waals surface area contributed by atoms with Crippen LogP contribution in [0.1, 0.15) is 30.9 Å². The Balaban J connectivity index is 1.51. The fraction of sp³-hybridized carbons (Fsp3) is 0.391. The molecule has 2 aliphatic heterocycles. The minimum absolute atomic E-state index is 0.0552. The summed E-state index contributed by atoms with van der Waals surface area (Å²) in [7, 11) is -3.94. The number of likely N-dealkylation sites (tertiary alicyclic amines) is 1. The van der Waals surface area contributed by atoms with Crippen molar-refractivity contribution in [3.05, 3.63) is 70.3 Å². The van der Waals surface area contributed by atoms with Gasteiger partial charge in [0.05, 0.1) is 9.82 Å². The average molecular weight is 487 g/mol. The topological polar surface area (TPSA) is 121 Å². The number of hydrogen-bond acceptors (Lipinski definition) is 6. The Morgan fingerprint density at radius 2 is 1.65 bits per heavy atom. The van der Waals surface area contributed by atoms with Gasteiger partial charge in [0.15, 0.2) is 0 Å². The first-order valence-electron chi connectivity index (χ1n) is 11.2. The van der Waals surface area contributed by atoms with E-state index in [-0.39, 0.29) is 48.6 Å². The van der Waals surface area contributed by atoms with E-state index in [0.29, 0.717) is 13.0 Å². The van der Waals surface area contributed by atoms with Crippen LogP contribution in [0.4, 0.5) is 5.69 Å². The van der Waals surface area contributed by atoms with E-state index in [9.17, 15) is 28.1 Å². The highest BCUT2D eigenvalue weighted by Crippen LogP contribution is 2.29. The molecule has 0 radical (unpaired) electrons. The first-order valence-corrected chi connectivity index (χ1v) is 12.6. The van der Waals surface area contributed by atoms with Gasteiger partial charge in [0, 0.05) is 51.3 Å². The minimum Gasteiger partial charge on any atom is -0.338 e. The monoisotopic (exact) mass is 486 g/mol. The maximum Gasteiger partial charge on any atom is 0.270 e. The molecule has 2 heterocycles. The number of nitro groups is 1. The molecule has 1 atom stereocenters. The summed E-state index contributed by atoms with van der Waals surface area (Å²) in [6.45, 7) is 0.959. The fourth-order valence-corrected chi connectivity index (χ4v) is 5.88. The van der Waals surface area contributed by atoms with E-state index in [1.807, 2.05) is 30.3 Å².